The Kier molecular flexibility index (Phi) is 2.60. The van der Waals surface area contributed by atoms with Gasteiger partial charge in [0.25, 0.3) is 0 Å². The number of aryl methyl sites for hydroxylation is 1. The summed E-state index contributed by atoms with van der Waals surface area (Å²) in [4.78, 5) is 3.58. The molecular weight excluding hydrogens is 197 g/mol. The third kappa shape index (κ3) is 2.36. The van der Waals surface area contributed by atoms with Gasteiger partial charge in [-0.1, -0.05) is 0 Å². The molecule has 0 spiro atoms. The van der Waals surface area contributed by atoms with Crippen molar-refractivity contribution in [2.75, 3.05) is 0 Å². The summed E-state index contributed by atoms with van der Waals surface area (Å²) in [5, 5.41) is 8.50. The van der Waals surface area contributed by atoms with Crippen molar-refractivity contribution in [1.82, 2.24) is 4.98 Å². The highest BCUT2D eigenvalue weighted by Gasteiger charge is 2.32. The normalized spacial score (nSPS) is 10.8. The number of rotatable bonds is 1. The molecule has 0 radical (unpaired) electrons. The lowest BCUT2D eigenvalue weighted by atomic mass is 10.2. The van der Waals surface area contributed by atoms with Crippen molar-refractivity contribution in [3.8, 4) is 11.8 Å². The van der Waals surface area contributed by atoms with Crippen molar-refractivity contribution in [3.63, 3.8) is 0 Å². The van der Waals surface area contributed by atoms with E-state index in [0.717, 1.165) is 6.20 Å². The molecular formula is C8H5F3N2O. The molecule has 0 N–H and O–H groups in total. The number of aromatic nitrogens is 1. The molecule has 14 heavy (non-hydrogen) atoms. The van der Waals surface area contributed by atoms with Crippen LogP contribution in [0.5, 0.6) is 5.75 Å². The first kappa shape index (κ1) is 10.3. The van der Waals surface area contributed by atoms with Gasteiger partial charge >= 0.3 is 6.36 Å². The van der Waals surface area contributed by atoms with E-state index in [2.05, 4.69) is 9.72 Å². The minimum Gasteiger partial charge on any atom is -0.404 e. The number of pyridine rings is 1. The van der Waals surface area contributed by atoms with Crippen LogP contribution in [-0.4, -0.2) is 11.3 Å². The van der Waals surface area contributed by atoms with Crippen LogP contribution < -0.4 is 4.74 Å². The fourth-order valence-electron chi connectivity index (χ4n) is 0.884. The highest BCUT2D eigenvalue weighted by Crippen LogP contribution is 2.28. The van der Waals surface area contributed by atoms with Gasteiger partial charge in [-0.15, -0.1) is 13.2 Å². The molecule has 6 heteroatoms. The molecule has 0 atom stereocenters. The fraction of sp³-hybridized carbons (Fsp3) is 0.250. The number of nitrogens with zero attached hydrogens (tertiary/aromatic N) is 2. The SMILES string of the molecule is Cc1cncc(C#N)c1OC(F)(F)F. The second-order valence-corrected chi connectivity index (χ2v) is 2.49. The van der Waals surface area contributed by atoms with E-state index in [1.54, 1.807) is 6.07 Å². The van der Waals surface area contributed by atoms with E-state index in [0.29, 0.717) is 0 Å². The summed E-state index contributed by atoms with van der Waals surface area (Å²) in [5.74, 6) is -0.491. The smallest absolute Gasteiger partial charge is 0.404 e. The van der Waals surface area contributed by atoms with Gasteiger partial charge in [0.05, 0.1) is 0 Å². The van der Waals surface area contributed by atoms with Crippen LogP contribution in [-0.2, 0) is 0 Å². The number of hydrogen-bond donors (Lipinski definition) is 0. The summed E-state index contributed by atoms with van der Waals surface area (Å²) >= 11 is 0. The quantitative estimate of drug-likeness (QED) is 0.700. The molecule has 0 amide bonds. The Morgan fingerprint density at radius 3 is 2.57 bits per heavy atom. The fourth-order valence-corrected chi connectivity index (χ4v) is 0.884. The molecule has 3 nitrogen and oxygen atoms in total. The number of ether oxygens (including phenoxy) is 1. The van der Waals surface area contributed by atoms with Crippen molar-refractivity contribution in [2.24, 2.45) is 0 Å². The second kappa shape index (κ2) is 3.54. The Bertz CT molecular complexity index is 381. The van der Waals surface area contributed by atoms with Gasteiger partial charge in [0.15, 0.2) is 5.75 Å². The maximum absolute atomic E-state index is 11.9. The Labute approximate surface area is 77.7 Å². The third-order valence-corrected chi connectivity index (χ3v) is 1.41. The summed E-state index contributed by atoms with van der Waals surface area (Å²) < 4.78 is 39.3. The van der Waals surface area contributed by atoms with Crippen molar-refractivity contribution in [3.05, 3.63) is 23.5 Å². The predicted octanol–water partition coefficient (Wildman–Crippen LogP) is 2.16. The zero-order chi connectivity index (χ0) is 10.8. The maximum atomic E-state index is 11.9. The number of nitriles is 1. The highest BCUT2D eigenvalue weighted by atomic mass is 19.4. The van der Waals surface area contributed by atoms with E-state index < -0.39 is 12.1 Å². The third-order valence-electron chi connectivity index (χ3n) is 1.41. The topological polar surface area (TPSA) is 45.9 Å². The summed E-state index contributed by atoms with van der Waals surface area (Å²) in [6.45, 7) is 1.38. The van der Waals surface area contributed by atoms with Gasteiger partial charge in [0.1, 0.15) is 11.6 Å². The van der Waals surface area contributed by atoms with Crippen LogP contribution in [0.2, 0.25) is 0 Å². The minimum absolute atomic E-state index is 0.168. The molecule has 74 valence electrons. The van der Waals surface area contributed by atoms with Gasteiger partial charge in [0, 0.05) is 18.0 Å². The molecule has 1 rings (SSSR count). The molecule has 0 bridgehead atoms. The predicted molar refractivity (Wildman–Crippen MR) is 40.4 cm³/mol. The van der Waals surface area contributed by atoms with Crippen molar-refractivity contribution < 1.29 is 17.9 Å². The molecule has 1 aromatic heterocycles. The Morgan fingerprint density at radius 1 is 1.43 bits per heavy atom. The van der Waals surface area contributed by atoms with E-state index in [9.17, 15) is 13.2 Å². The van der Waals surface area contributed by atoms with E-state index in [1.165, 1.54) is 13.1 Å². The molecule has 1 heterocycles. The summed E-state index contributed by atoms with van der Waals surface area (Å²) in [5.41, 5.74) is -0.0660. The van der Waals surface area contributed by atoms with E-state index >= 15 is 0 Å². The average Bonchev–Trinajstić information content (AvgIpc) is 2.06. The van der Waals surface area contributed by atoms with Gasteiger partial charge in [-0.3, -0.25) is 4.98 Å². The monoisotopic (exact) mass is 202 g/mol. The largest absolute Gasteiger partial charge is 0.573 e. The number of halogens is 3. The lowest BCUT2D eigenvalue weighted by Gasteiger charge is -2.11. The lowest BCUT2D eigenvalue weighted by Crippen LogP contribution is -2.18. The molecule has 0 aliphatic rings. The number of hydrogen-bond acceptors (Lipinski definition) is 3. The zero-order valence-corrected chi connectivity index (χ0v) is 7.09. The number of alkyl halides is 3. The first-order valence-electron chi connectivity index (χ1n) is 3.54. The van der Waals surface area contributed by atoms with Crippen LogP contribution in [0.3, 0.4) is 0 Å². The summed E-state index contributed by atoms with van der Waals surface area (Å²) in [7, 11) is 0. The summed E-state index contributed by atoms with van der Waals surface area (Å²) in [6.07, 6.45) is -2.58. The Hall–Kier alpha value is -1.77. The van der Waals surface area contributed by atoms with Gasteiger partial charge in [-0.25, -0.2) is 0 Å². The van der Waals surface area contributed by atoms with Crippen molar-refractivity contribution in [2.45, 2.75) is 13.3 Å². The van der Waals surface area contributed by atoms with Gasteiger partial charge in [-0.2, -0.15) is 5.26 Å². The standard InChI is InChI=1S/C8H5F3N2O/c1-5-3-13-4-6(2-12)7(5)14-8(9,10)11/h3-4H,1H3. The maximum Gasteiger partial charge on any atom is 0.573 e. The van der Waals surface area contributed by atoms with E-state index in [-0.39, 0.29) is 11.1 Å². The first-order chi connectivity index (χ1) is 6.44. The van der Waals surface area contributed by atoms with E-state index in [1.807, 2.05) is 0 Å². The molecule has 0 aliphatic heterocycles. The molecule has 0 aromatic carbocycles. The molecule has 1 aromatic rings. The van der Waals surface area contributed by atoms with Crippen molar-refractivity contribution in [1.29, 1.82) is 5.26 Å². The highest BCUT2D eigenvalue weighted by molar-refractivity contribution is 5.45. The Balaban J connectivity index is 3.13. The summed E-state index contributed by atoms with van der Waals surface area (Å²) in [6, 6.07) is 1.57. The molecule has 0 aliphatic carbocycles. The molecule has 0 saturated carbocycles. The minimum atomic E-state index is -4.79. The zero-order valence-electron chi connectivity index (χ0n) is 7.09. The Morgan fingerprint density at radius 2 is 2.07 bits per heavy atom. The lowest BCUT2D eigenvalue weighted by molar-refractivity contribution is -0.275. The average molecular weight is 202 g/mol. The van der Waals surface area contributed by atoms with Crippen LogP contribution in [0.4, 0.5) is 13.2 Å². The molecule has 0 saturated heterocycles. The van der Waals surface area contributed by atoms with Gasteiger partial charge < -0.3 is 4.74 Å². The molecule has 0 fully saturated rings. The van der Waals surface area contributed by atoms with Crippen molar-refractivity contribution >= 4 is 0 Å². The van der Waals surface area contributed by atoms with Crippen LogP contribution in [0, 0.1) is 18.3 Å². The van der Waals surface area contributed by atoms with Gasteiger partial charge in [0.2, 0.25) is 0 Å². The second-order valence-electron chi connectivity index (χ2n) is 2.49. The van der Waals surface area contributed by atoms with Crippen LogP contribution in [0.25, 0.3) is 0 Å². The van der Waals surface area contributed by atoms with Gasteiger partial charge in [-0.05, 0) is 6.92 Å². The van der Waals surface area contributed by atoms with E-state index in [4.69, 9.17) is 5.26 Å². The first-order valence-corrected chi connectivity index (χ1v) is 3.54. The van der Waals surface area contributed by atoms with Crippen LogP contribution >= 0.6 is 0 Å². The molecule has 0 unspecified atom stereocenters. The van der Waals surface area contributed by atoms with Crippen LogP contribution in [0.1, 0.15) is 11.1 Å². The van der Waals surface area contributed by atoms with Crippen LogP contribution in [0.15, 0.2) is 12.4 Å².